The normalized spacial score (nSPS) is 16.6. The SMILES string of the molecule is CN(C(=O)c1cc(Br)ccc1Br)C1CCCCC1. The van der Waals surface area contributed by atoms with Crippen LogP contribution in [-0.2, 0) is 0 Å². The van der Waals surface area contributed by atoms with Crippen LogP contribution in [0.1, 0.15) is 42.5 Å². The van der Waals surface area contributed by atoms with Gasteiger partial charge in [-0.15, -0.1) is 0 Å². The third-order valence-corrected chi connectivity index (χ3v) is 4.79. The van der Waals surface area contributed by atoms with Gasteiger partial charge in [-0.05, 0) is 47.0 Å². The molecule has 98 valence electrons. The summed E-state index contributed by atoms with van der Waals surface area (Å²) >= 11 is 6.87. The maximum absolute atomic E-state index is 12.5. The Balaban J connectivity index is 2.16. The summed E-state index contributed by atoms with van der Waals surface area (Å²) in [7, 11) is 1.92. The van der Waals surface area contributed by atoms with Crippen LogP contribution in [0.25, 0.3) is 0 Å². The predicted molar refractivity (Wildman–Crippen MR) is 80.8 cm³/mol. The Hall–Kier alpha value is -0.350. The topological polar surface area (TPSA) is 20.3 Å². The fourth-order valence-corrected chi connectivity index (χ4v) is 3.26. The van der Waals surface area contributed by atoms with Crippen molar-refractivity contribution >= 4 is 37.8 Å². The average molecular weight is 375 g/mol. The highest BCUT2D eigenvalue weighted by Crippen LogP contribution is 2.26. The number of halogens is 2. The van der Waals surface area contributed by atoms with Crippen LogP contribution in [0.2, 0.25) is 0 Å². The van der Waals surface area contributed by atoms with E-state index in [1.54, 1.807) is 0 Å². The van der Waals surface area contributed by atoms with Gasteiger partial charge < -0.3 is 4.90 Å². The molecule has 1 aliphatic rings. The fourth-order valence-electron chi connectivity index (χ4n) is 2.49. The summed E-state index contributed by atoms with van der Waals surface area (Å²) < 4.78 is 1.80. The summed E-state index contributed by atoms with van der Waals surface area (Å²) in [5.41, 5.74) is 0.734. The van der Waals surface area contributed by atoms with Crippen LogP contribution in [0.4, 0.5) is 0 Å². The Morgan fingerprint density at radius 3 is 2.56 bits per heavy atom. The number of carbonyl (C=O) groups is 1. The molecule has 1 aromatic rings. The number of rotatable bonds is 2. The van der Waals surface area contributed by atoms with Crippen LogP contribution in [0.5, 0.6) is 0 Å². The van der Waals surface area contributed by atoms with Gasteiger partial charge >= 0.3 is 0 Å². The molecule has 0 radical (unpaired) electrons. The molecule has 1 aliphatic carbocycles. The number of hydrogen-bond acceptors (Lipinski definition) is 1. The lowest BCUT2D eigenvalue weighted by molar-refractivity contribution is 0.0695. The molecule has 1 amide bonds. The van der Waals surface area contributed by atoms with Gasteiger partial charge in [0.2, 0.25) is 0 Å². The number of benzene rings is 1. The maximum atomic E-state index is 12.5. The first-order chi connectivity index (χ1) is 8.59. The monoisotopic (exact) mass is 373 g/mol. The molecule has 0 atom stereocenters. The van der Waals surface area contributed by atoms with Crippen LogP contribution >= 0.6 is 31.9 Å². The van der Waals surface area contributed by atoms with Crippen LogP contribution in [0.15, 0.2) is 27.1 Å². The molecule has 4 heteroatoms. The van der Waals surface area contributed by atoms with Gasteiger partial charge in [-0.25, -0.2) is 0 Å². The third-order valence-electron chi connectivity index (χ3n) is 3.60. The van der Waals surface area contributed by atoms with E-state index in [0.717, 1.165) is 27.4 Å². The highest BCUT2D eigenvalue weighted by atomic mass is 79.9. The summed E-state index contributed by atoms with van der Waals surface area (Å²) in [4.78, 5) is 14.4. The highest BCUT2D eigenvalue weighted by molar-refractivity contribution is 9.11. The Bertz CT molecular complexity index is 441. The van der Waals surface area contributed by atoms with E-state index in [-0.39, 0.29) is 5.91 Å². The largest absolute Gasteiger partial charge is 0.339 e. The minimum Gasteiger partial charge on any atom is -0.339 e. The summed E-state index contributed by atoms with van der Waals surface area (Å²) in [5.74, 6) is 0.107. The van der Waals surface area contributed by atoms with Crippen LogP contribution in [0, 0.1) is 0 Å². The van der Waals surface area contributed by atoms with Crippen molar-refractivity contribution in [3.63, 3.8) is 0 Å². The van der Waals surface area contributed by atoms with Gasteiger partial charge in [0.05, 0.1) is 5.56 Å². The average Bonchev–Trinajstić information content (AvgIpc) is 2.41. The van der Waals surface area contributed by atoms with Crippen LogP contribution in [0.3, 0.4) is 0 Å². The Morgan fingerprint density at radius 2 is 1.89 bits per heavy atom. The Morgan fingerprint density at radius 1 is 1.22 bits per heavy atom. The van der Waals surface area contributed by atoms with E-state index in [9.17, 15) is 4.79 Å². The zero-order valence-corrected chi connectivity index (χ0v) is 13.6. The summed E-state index contributed by atoms with van der Waals surface area (Å²) in [6.45, 7) is 0. The highest BCUT2D eigenvalue weighted by Gasteiger charge is 2.24. The van der Waals surface area contributed by atoms with Crippen molar-refractivity contribution in [1.29, 1.82) is 0 Å². The van der Waals surface area contributed by atoms with E-state index in [4.69, 9.17) is 0 Å². The maximum Gasteiger partial charge on any atom is 0.255 e. The van der Waals surface area contributed by atoms with Gasteiger partial charge in [0.1, 0.15) is 0 Å². The molecule has 0 bridgehead atoms. The first-order valence-electron chi connectivity index (χ1n) is 6.32. The molecule has 1 fully saturated rings. The molecule has 1 saturated carbocycles. The van der Waals surface area contributed by atoms with Crippen molar-refractivity contribution in [3.8, 4) is 0 Å². The summed E-state index contributed by atoms with van der Waals surface area (Å²) in [5, 5.41) is 0. The number of amides is 1. The lowest BCUT2D eigenvalue weighted by Crippen LogP contribution is -2.38. The third kappa shape index (κ3) is 3.15. The van der Waals surface area contributed by atoms with E-state index < -0.39 is 0 Å². The van der Waals surface area contributed by atoms with Gasteiger partial charge in [-0.2, -0.15) is 0 Å². The number of nitrogens with zero attached hydrogens (tertiary/aromatic N) is 1. The minimum absolute atomic E-state index is 0.107. The van der Waals surface area contributed by atoms with Crippen molar-refractivity contribution in [2.45, 2.75) is 38.1 Å². The molecule has 2 nitrogen and oxygen atoms in total. The van der Waals surface area contributed by atoms with Crippen molar-refractivity contribution in [2.24, 2.45) is 0 Å². The first-order valence-corrected chi connectivity index (χ1v) is 7.90. The minimum atomic E-state index is 0.107. The van der Waals surface area contributed by atoms with Crippen molar-refractivity contribution in [3.05, 3.63) is 32.7 Å². The molecular formula is C14H17Br2NO. The van der Waals surface area contributed by atoms with Gasteiger partial charge in [0.15, 0.2) is 0 Å². The number of carbonyl (C=O) groups excluding carboxylic acids is 1. The van der Waals surface area contributed by atoms with Crippen molar-refractivity contribution in [2.75, 3.05) is 7.05 Å². The molecule has 1 aromatic carbocycles. The Labute approximate surface area is 125 Å². The summed E-state index contributed by atoms with van der Waals surface area (Å²) in [6.07, 6.45) is 6.05. The molecule has 0 spiro atoms. The van der Waals surface area contributed by atoms with Gasteiger partial charge in [-0.3, -0.25) is 4.79 Å². The first kappa shape index (κ1) is 14.1. The predicted octanol–water partition coefficient (Wildman–Crippen LogP) is 4.62. The fraction of sp³-hybridized carbons (Fsp3) is 0.500. The molecule has 0 unspecified atom stereocenters. The molecule has 18 heavy (non-hydrogen) atoms. The quantitative estimate of drug-likeness (QED) is 0.739. The lowest BCUT2D eigenvalue weighted by atomic mass is 9.94. The zero-order valence-electron chi connectivity index (χ0n) is 10.5. The molecular weight excluding hydrogens is 358 g/mol. The van der Waals surface area contributed by atoms with E-state index in [2.05, 4.69) is 31.9 Å². The second kappa shape index (κ2) is 6.20. The molecule has 0 saturated heterocycles. The molecule has 0 N–H and O–H groups in total. The van der Waals surface area contributed by atoms with E-state index >= 15 is 0 Å². The lowest BCUT2D eigenvalue weighted by Gasteiger charge is -2.31. The van der Waals surface area contributed by atoms with Gasteiger partial charge in [0.25, 0.3) is 5.91 Å². The van der Waals surface area contributed by atoms with Gasteiger partial charge in [0, 0.05) is 22.0 Å². The molecule has 0 heterocycles. The smallest absolute Gasteiger partial charge is 0.255 e. The van der Waals surface area contributed by atoms with Crippen LogP contribution in [-0.4, -0.2) is 23.9 Å². The Kier molecular flexibility index (Phi) is 4.84. The number of hydrogen-bond donors (Lipinski definition) is 0. The second-order valence-corrected chi connectivity index (χ2v) is 6.60. The van der Waals surface area contributed by atoms with Crippen molar-refractivity contribution < 1.29 is 4.79 Å². The molecule has 2 rings (SSSR count). The molecule has 0 aromatic heterocycles. The van der Waals surface area contributed by atoms with E-state index in [1.807, 2.05) is 30.1 Å². The second-order valence-electron chi connectivity index (χ2n) is 4.83. The van der Waals surface area contributed by atoms with E-state index in [0.29, 0.717) is 6.04 Å². The molecule has 0 aliphatic heterocycles. The van der Waals surface area contributed by atoms with Gasteiger partial charge in [-0.1, -0.05) is 35.2 Å². The summed E-state index contributed by atoms with van der Waals surface area (Å²) in [6, 6.07) is 6.12. The zero-order chi connectivity index (χ0) is 13.1. The van der Waals surface area contributed by atoms with Crippen molar-refractivity contribution in [1.82, 2.24) is 4.90 Å². The standard InChI is InChI=1S/C14H17Br2NO/c1-17(11-5-3-2-4-6-11)14(18)12-9-10(15)7-8-13(12)16/h7-9,11H,2-6H2,1H3. The van der Waals surface area contributed by atoms with E-state index in [1.165, 1.54) is 19.3 Å². The van der Waals surface area contributed by atoms with Crippen LogP contribution < -0.4 is 0 Å².